The normalized spacial score (nSPS) is 9.78. The second-order valence-electron chi connectivity index (χ2n) is 6.04. The van der Waals surface area contributed by atoms with Gasteiger partial charge >= 0.3 is 0 Å². The summed E-state index contributed by atoms with van der Waals surface area (Å²) in [6, 6.07) is 20.1. The smallest absolute Gasteiger partial charge is 0.0991 e. The molecule has 0 aliphatic heterocycles. The van der Waals surface area contributed by atoms with Gasteiger partial charge in [0.25, 0.3) is 0 Å². The Bertz CT molecular complexity index is 852. The first kappa shape index (κ1) is 22.7. The summed E-state index contributed by atoms with van der Waals surface area (Å²) in [5.41, 5.74) is 10.5. The summed E-state index contributed by atoms with van der Waals surface area (Å²) in [5, 5.41) is 9.04. The Morgan fingerprint density at radius 3 is 2.22 bits per heavy atom. The van der Waals surface area contributed by atoms with E-state index in [-0.39, 0.29) is 24.8 Å². The van der Waals surface area contributed by atoms with Crippen molar-refractivity contribution >= 4 is 24.8 Å². The predicted molar refractivity (Wildman–Crippen MR) is 115 cm³/mol. The fraction of sp³-hybridized carbons (Fsp3) is 0.238. The minimum atomic E-state index is 0. The number of nitrogens with two attached hydrogens (primary N) is 1. The Labute approximate surface area is 172 Å². The van der Waals surface area contributed by atoms with Crippen LogP contribution in [0.1, 0.15) is 24.8 Å². The quantitative estimate of drug-likeness (QED) is 0.561. The van der Waals surface area contributed by atoms with E-state index in [1.807, 2.05) is 48.8 Å². The lowest BCUT2D eigenvalue weighted by atomic mass is 10.0. The zero-order valence-corrected chi connectivity index (χ0v) is 16.7. The van der Waals surface area contributed by atoms with E-state index in [4.69, 9.17) is 11.0 Å². The van der Waals surface area contributed by atoms with Crippen LogP contribution >= 0.6 is 24.8 Å². The summed E-state index contributed by atoms with van der Waals surface area (Å²) >= 11 is 0. The lowest BCUT2D eigenvalue weighted by Crippen LogP contribution is -2.02. The van der Waals surface area contributed by atoms with Crippen molar-refractivity contribution in [3.05, 3.63) is 66.5 Å². The standard InChI is InChI=1S/C21H22N4.2ClH/c22-13-5-2-6-14-25-16-24-20(18-7-3-1-4-8-18)21(25)19-11-9-17(15-23)10-12-19;;/h1,3-4,7-12,16H,2,5-6,13-14,22H2;2*1H. The van der Waals surface area contributed by atoms with Crippen molar-refractivity contribution < 1.29 is 0 Å². The number of nitrogens with zero attached hydrogens (tertiary/aromatic N) is 3. The van der Waals surface area contributed by atoms with Crippen LogP contribution in [0.2, 0.25) is 0 Å². The van der Waals surface area contributed by atoms with Crippen molar-refractivity contribution in [1.82, 2.24) is 9.55 Å². The highest BCUT2D eigenvalue weighted by atomic mass is 35.5. The molecule has 0 atom stereocenters. The number of aryl methyl sites for hydroxylation is 1. The van der Waals surface area contributed by atoms with Crippen molar-refractivity contribution in [2.24, 2.45) is 5.73 Å². The number of hydrogen-bond acceptors (Lipinski definition) is 3. The molecule has 0 aliphatic carbocycles. The molecule has 142 valence electrons. The van der Waals surface area contributed by atoms with Crippen LogP contribution in [-0.4, -0.2) is 16.1 Å². The second kappa shape index (κ2) is 11.4. The molecule has 2 aromatic carbocycles. The first-order valence-electron chi connectivity index (χ1n) is 8.64. The number of benzene rings is 2. The molecule has 0 saturated heterocycles. The third-order valence-corrected chi connectivity index (χ3v) is 4.28. The van der Waals surface area contributed by atoms with E-state index in [0.717, 1.165) is 54.9 Å². The van der Waals surface area contributed by atoms with Gasteiger partial charge in [0.15, 0.2) is 0 Å². The van der Waals surface area contributed by atoms with Crippen LogP contribution < -0.4 is 5.73 Å². The maximum absolute atomic E-state index is 9.04. The molecule has 0 unspecified atom stereocenters. The molecule has 3 rings (SSSR count). The molecule has 2 N–H and O–H groups in total. The number of rotatable bonds is 7. The lowest BCUT2D eigenvalue weighted by molar-refractivity contribution is 0.594. The molecule has 0 amide bonds. The van der Waals surface area contributed by atoms with E-state index in [0.29, 0.717) is 5.56 Å². The maximum Gasteiger partial charge on any atom is 0.0991 e. The Kier molecular flexibility index (Phi) is 9.60. The minimum Gasteiger partial charge on any atom is -0.330 e. The average Bonchev–Trinajstić information content (AvgIpc) is 3.10. The summed E-state index contributed by atoms with van der Waals surface area (Å²) in [7, 11) is 0. The minimum absolute atomic E-state index is 0. The first-order valence-corrected chi connectivity index (χ1v) is 8.64. The molecule has 0 radical (unpaired) electrons. The Hall–Kier alpha value is -2.32. The van der Waals surface area contributed by atoms with Gasteiger partial charge in [-0.2, -0.15) is 5.26 Å². The van der Waals surface area contributed by atoms with Crippen molar-refractivity contribution in [3.8, 4) is 28.6 Å². The highest BCUT2D eigenvalue weighted by Crippen LogP contribution is 2.31. The van der Waals surface area contributed by atoms with Gasteiger partial charge in [-0.25, -0.2) is 4.98 Å². The fourth-order valence-electron chi connectivity index (χ4n) is 2.97. The van der Waals surface area contributed by atoms with Gasteiger partial charge in [-0.3, -0.25) is 0 Å². The Morgan fingerprint density at radius 2 is 1.59 bits per heavy atom. The lowest BCUT2D eigenvalue weighted by Gasteiger charge is -2.11. The number of hydrogen-bond donors (Lipinski definition) is 1. The van der Waals surface area contributed by atoms with Crippen molar-refractivity contribution in [2.75, 3.05) is 6.54 Å². The van der Waals surface area contributed by atoms with Gasteiger partial charge in [-0.15, -0.1) is 24.8 Å². The number of nitriles is 1. The van der Waals surface area contributed by atoms with Crippen LogP contribution in [0.3, 0.4) is 0 Å². The van der Waals surface area contributed by atoms with Crippen LogP contribution in [-0.2, 0) is 6.54 Å². The van der Waals surface area contributed by atoms with Gasteiger partial charge in [0.05, 0.1) is 29.3 Å². The van der Waals surface area contributed by atoms with E-state index in [1.165, 1.54) is 0 Å². The molecule has 0 fully saturated rings. The molecular formula is C21H24Cl2N4. The largest absolute Gasteiger partial charge is 0.330 e. The molecule has 0 bridgehead atoms. The number of aromatic nitrogens is 2. The van der Waals surface area contributed by atoms with Crippen LogP contribution in [0.4, 0.5) is 0 Å². The van der Waals surface area contributed by atoms with Gasteiger partial charge in [-0.05, 0) is 31.5 Å². The van der Waals surface area contributed by atoms with E-state index in [1.54, 1.807) is 0 Å². The second-order valence-corrected chi connectivity index (χ2v) is 6.04. The third-order valence-electron chi connectivity index (χ3n) is 4.28. The molecule has 0 spiro atoms. The molecular weight excluding hydrogens is 379 g/mol. The SMILES string of the molecule is Cl.Cl.N#Cc1ccc(-c2c(-c3ccccc3)ncn2CCCCCN)cc1. The maximum atomic E-state index is 9.04. The van der Waals surface area contributed by atoms with Gasteiger partial charge in [0.1, 0.15) is 0 Å². The number of imidazole rings is 1. The Balaban J connectivity index is 0.00000182. The van der Waals surface area contributed by atoms with E-state index in [2.05, 4.69) is 27.8 Å². The predicted octanol–water partition coefficient (Wildman–Crippen LogP) is 5.06. The summed E-state index contributed by atoms with van der Waals surface area (Å²) in [4.78, 5) is 4.68. The highest BCUT2D eigenvalue weighted by Gasteiger charge is 2.14. The molecule has 1 heterocycles. The molecule has 4 nitrogen and oxygen atoms in total. The van der Waals surface area contributed by atoms with Crippen molar-refractivity contribution in [2.45, 2.75) is 25.8 Å². The Morgan fingerprint density at radius 1 is 0.889 bits per heavy atom. The van der Waals surface area contributed by atoms with Gasteiger partial charge in [-0.1, -0.05) is 48.9 Å². The average molecular weight is 403 g/mol. The molecule has 0 aliphatic rings. The van der Waals surface area contributed by atoms with Gasteiger partial charge < -0.3 is 10.3 Å². The van der Waals surface area contributed by atoms with Crippen LogP contribution in [0.25, 0.3) is 22.5 Å². The van der Waals surface area contributed by atoms with Crippen LogP contribution in [0.15, 0.2) is 60.9 Å². The molecule has 1 aromatic heterocycles. The van der Waals surface area contributed by atoms with Crippen LogP contribution in [0.5, 0.6) is 0 Å². The van der Waals surface area contributed by atoms with Gasteiger partial charge in [0, 0.05) is 17.7 Å². The van der Waals surface area contributed by atoms with Crippen LogP contribution in [0, 0.1) is 11.3 Å². The molecule has 6 heteroatoms. The fourth-order valence-corrected chi connectivity index (χ4v) is 2.97. The van der Waals surface area contributed by atoms with Gasteiger partial charge in [0.2, 0.25) is 0 Å². The van der Waals surface area contributed by atoms with Crippen molar-refractivity contribution in [3.63, 3.8) is 0 Å². The van der Waals surface area contributed by atoms with E-state index >= 15 is 0 Å². The van der Waals surface area contributed by atoms with E-state index < -0.39 is 0 Å². The number of unbranched alkanes of at least 4 members (excludes halogenated alkanes) is 2. The summed E-state index contributed by atoms with van der Waals surface area (Å²) in [5.74, 6) is 0. The first-order chi connectivity index (χ1) is 12.3. The zero-order chi connectivity index (χ0) is 17.5. The highest BCUT2D eigenvalue weighted by molar-refractivity contribution is 5.85. The zero-order valence-electron chi connectivity index (χ0n) is 15.0. The third kappa shape index (κ3) is 5.58. The van der Waals surface area contributed by atoms with E-state index in [9.17, 15) is 0 Å². The monoisotopic (exact) mass is 402 g/mol. The topological polar surface area (TPSA) is 67.6 Å². The molecule has 3 aromatic rings. The summed E-state index contributed by atoms with van der Waals surface area (Å²) in [6.07, 6.45) is 5.15. The summed E-state index contributed by atoms with van der Waals surface area (Å²) < 4.78 is 2.21. The number of halogens is 2. The molecule has 0 saturated carbocycles. The summed E-state index contributed by atoms with van der Waals surface area (Å²) in [6.45, 7) is 1.65. The van der Waals surface area contributed by atoms with Crippen molar-refractivity contribution in [1.29, 1.82) is 5.26 Å². The molecule has 27 heavy (non-hydrogen) atoms.